The van der Waals surface area contributed by atoms with Crippen LogP contribution in [0.2, 0.25) is 0 Å². The number of thioether (sulfide) groups is 2. The summed E-state index contributed by atoms with van der Waals surface area (Å²) in [5.74, 6) is -2.24. The van der Waals surface area contributed by atoms with E-state index in [2.05, 4.69) is 16.0 Å². The number of carbonyl (C=O) groups is 4. The topological polar surface area (TPSA) is 191 Å². The first-order valence-corrected chi connectivity index (χ1v) is 14.1. The van der Waals surface area contributed by atoms with Gasteiger partial charge in [0.2, 0.25) is 17.7 Å². The molecule has 0 spiro atoms. The molecular formula is C23H36N4O7S2. The van der Waals surface area contributed by atoms with Gasteiger partial charge in [0.25, 0.3) is 0 Å². The molecule has 13 heteroatoms. The van der Waals surface area contributed by atoms with Gasteiger partial charge in [0.05, 0.1) is 12.1 Å². The van der Waals surface area contributed by atoms with E-state index in [1.54, 1.807) is 12.1 Å². The average molecular weight is 545 g/mol. The Balaban J connectivity index is 3.08. The van der Waals surface area contributed by atoms with Crippen molar-refractivity contribution in [3.05, 3.63) is 29.8 Å². The minimum absolute atomic E-state index is 0.0153. The van der Waals surface area contributed by atoms with Crippen molar-refractivity contribution in [1.82, 2.24) is 16.0 Å². The molecule has 1 aromatic carbocycles. The van der Waals surface area contributed by atoms with E-state index < -0.39 is 54.0 Å². The van der Waals surface area contributed by atoms with Crippen LogP contribution in [0.1, 0.15) is 25.3 Å². The van der Waals surface area contributed by atoms with Gasteiger partial charge in [-0.15, -0.1) is 0 Å². The molecule has 5 unspecified atom stereocenters. The zero-order valence-electron chi connectivity index (χ0n) is 20.6. The number of rotatable bonds is 16. The molecule has 1 aromatic rings. The molecule has 36 heavy (non-hydrogen) atoms. The Morgan fingerprint density at radius 1 is 0.889 bits per heavy atom. The number of hydrogen-bond acceptors (Lipinski definition) is 9. The largest absolute Gasteiger partial charge is 0.508 e. The molecular weight excluding hydrogens is 508 g/mol. The standard InChI is InChI=1S/C23H36N4O7S2/c1-13(28)19(27-20(30)16(24)8-10-35-2)22(32)26-18(12-14-4-6-15(29)7-5-14)21(31)25-17(23(33)34)9-11-36-3/h4-7,13,16-19,28-29H,8-12,24H2,1-3H3,(H,25,31)(H,26,32)(H,27,30)(H,33,34). The van der Waals surface area contributed by atoms with Crippen molar-refractivity contribution in [1.29, 1.82) is 0 Å². The highest BCUT2D eigenvalue weighted by Crippen LogP contribution is 2.12. The quantitative estimate of drug-likeness (QED) is 0.145. The normalized spacial score (nSPS) is 15.1. The highest BCUT2D eigenvalue weighted by molar-refractivity contribution is 7.98. The van der Waals surface area contributed by atoms with E-state index in [1.165, 1.54) is 42.6 Å². The Kier molecular flexibility index (Phi) is 14.3. The monoisotopic (exact) mass is 544 g/mol. The number of carboxylic acids is 1. The number of aliphatic hydroxyl groups excluding tert-OH is 1. The summed E-state index contributed by atoms with van der Waals surface area (Å²) >= 11 is 2.94. The zero-order valence-corrected chi connectivity index (χ0v) is 22.2. The zero-order chi connectivity index (χ0) is 27.3. The van der Waals surface area contributed by atoms with E-state index in [9.17, 15) is 34.5 Å². The second kappa shape index (κ2) is 16.3. The van der Waals surface area contributed by atoms with Gasteiger partial charge in [-0.25, -0.2) is 4.79 Å². The molecule has 5 atom stereocenters. The first-order chi connectivity index (χ1) is 17.0. The number of nitrogens with two attached hydrogens (primary N) is 1. The van der Waals surface area contributed by atoms with Crippen LogP contribution in [0.15, 0.2) is 24.3 Å². The van der Waals surface area contributed by atoms with E-state index in [0.717, 1.165) is 0 Å². The number of hydrogen-bond donors (Lipinski definition) is 7. The van der Waals surface area contributed by atoms with Gasteiger partial charge in [0, 0.05) is 6.42 Å². The Morgan fingerprint density at radius 3 is 1.97 bits per heavy atom. The van der Waals surface area contributed by atoms with Crippen molar-refractivity contribution in [3.63, 3.8) is 0 Å². The number of phenols is 1. The average Bonchev–Trinajstić information content (AvgIpc) is 2.83. The summed E-state index contributed by atoms with van der Waals surface area (Å²) < 4.78 is 0. The maximum absolute atomic E-state index is 13.1. The van der Waals surface area contributed by atoms with Gasteiger partial charge in [0.1, 0.15) is 23.9 Å². The van der Waals surface area contributed by atoms with Gasteiger partial charge >= 0.3 is 5.97 Å². The van der Waals surface area contributed by atoms with Crippen LogP contribution in [0.25, 0.3) is 0 Å². The predicted octanol–water partition coefficient (Wildman–Crippen LogP) is -0.312. The second-order valence-corrected chi connectivity index (χ2v) is 10.2. The molecule has 0 aliphatic heterocycles. The molecule has 11 nitrogen and oxygen atoms in total. The third-order valence-corrected chi connectivity index (χ3v) is 6.55. The molecule has 0 fully saturated rings. The van der Waals surface area contributed by atoms with Crippen molar-refractivity contribution in [2.24, 2.45) is 5.73 Å². The molecule has 0 aromatic heterocycles. The number of carbonyl (C=O) groups excluding carboxylic acids is 3. The van der Waals surface area contributed by atoms with Crippen LogP contribution in [0.3, 0.4) is 0 Å². The van der Waals surface area contributed by atoms with Crippen LogP contribution >= 0.6 is 23.5 Å². The summed E-state index contributed by atoms with van der Waals surface area (Å²) in [6.07, 6.45) is 2.91. The van der Waals surface area contributed by atoms with Crippen molar-refractivity contribution >= 4 is 47.2 Å². The first kappa shape index (κ1) is 31.5. The number of aromatic hydroxyl groups is 1. The fraction of sp³-hybridized carbons (Fsp3) is 0.565. The smallest absolute Gasteiger partial charge is 0.326 e. The number of benzene rings is 1. The van der Waals surface area contributed by atoms with Gasteiger partial charge < -0.3 is 37.0 Å². The Labute approximate surface area is 219 Å². The molecule has 0 bridgehead atoms. The summed E-state index contributed by atoms with van der Waals surface area (Å²) in [4.78, 5) is 50.1. The fourth-order valence-electron chi connectivity index (χ4n) is 3.15. The van der Waals surface area contributed by atoms with Crippen molar-refractivity contribution in [2.45, 2.75) is 56.5 Å². The molecule has 0 saturated heterocycles. The molecule has 0 heterocycles. The third-order valence-electron chi connectivity index (χ3n) is 5.27. The lowest BCUT2D eigenvalue weighted by Crippen LogP contribution is -2.60. The summed E-state index contributed by atoms with van der Waals surface area (Å²) in [5.41, 5.74) is 6.44. The summed E-state index contributed by atoms with van der Waals surface area (Å²) in [6, 6.07) is 1.30. The number of aliphatic carboxylic acids is 1. The molecule has 0 saturated carbocycles. The number of aliphatic hydroxyl groups is 1. The van der Waals surface area contributed by atoms with Crippen molar-refractivity contribution < 1.29 is 34.5 Å². The highest BCUT2D eigenvalue weighted by atomic mass is 32.2. The summed E-state index contributed by atoms with van der Waals surface area (Å²) in [7, 11) is 0. The predicted molar refractivity (Wildman–Crippen MR) is 141 cm³/mol. The SMILES string of the molecule is CSCCC(N)C(=O)NC(C(=O)NC(Cc1ccc(O)cc1)C(=O)NC(CCSC)C(=O)O)C(C)O. The van der Waals surface area contributed by atoms with Crippen molar-refractivity contribution in [3.8, 4) is 5.75 Å². The van der Waals surface area contributed by atoms with Gasteiger partial charge in [-0.2, -0.15) is 23.5 Å². The van der Waals surface area contributed by atoms with Gasteiger partial charge in [0.15, 0.2) is 0 Å². The molecule has 0 radical (unpaired) electrons. The number of amides is 3. The molecule has 8 N–H and O–H groups in total. The lowest BCUT2D eigenvalue weighted by molar-refractivity contribution is -0.142. The Hall–Kier alpha value is -2.48. The van der Waals surface area contributed by atoms with Crippen LogP contribution in [0.4, 0.5) is 0 Å². The van der Waals surface area contributed by atoms with Crippen LogP contribution in [-0.2, 0) is 25.6 Å². The van der Waals surface area contributed by atoms with E-state index >= 15 is 0 Å². The van der Waals surface area contributed by atoms with Gasteiger partial charge in [-0.3, -0.25) is 14.4 Å². The van der Waals surface area contributed by atoms with Crippen LogP contribution < -0.4 is 21.7 Å². The molecule has 1 rings (SSSR count). The number of carboxylic acid groups (broad SMARTS) is 1. The third kappa shape index (κ3) is 11.1. The first-order valence-electron chi connectivity index (χ1n) is 11.3. The highest BCUT2D eigenvalue weighted by Gasteiger charge is 2.32. The number of nitrogens with one attached hydrogen (secondary N) is 3. The minimum atomic E-state index is -1.39. The summed E-state index contributed by atoms with van der Waals surface area (Å²) in [6.45, 7) is 1.32. The van der Waals surface area contributed by atoms with Gasteiger partial charge in [-0.05, 0) is 61.5 Å². The second-order valence-electron chi connectivity index (χ2n) is 8.23. The fourth-order valence-corrected chi connectivity index (χ4v) is 4.11. The maximum Gasteiger partial charge on any atom is 0.326 e. The molecule has 3 amide bonds. The van der Waals surface area contributed by atoms with Crippen LogP contribution in [-0.4, -0.2) is 93.3 Å². The maximum atomic E-state index is 13.1. The van der Waals surface area contributed by atoms with Gasteiger partial charge in [-0.1, -0.05) is 12.1 Å². The van der Waals surface area contributed by atoms with E-state index in [-0.39, 0.29) is 18.6 Å². The Bertz CT molecular complexity index is 871. The van der Waals surface area contributed by atoms with E-state index in [1.807, 2.05) is 12.5 Å². The molecule has 0 aliphatic rings. The molecule has 0 aliphatic carbocycles. The summed E-state index contributed by atoms with van der Waals surface area (Å²) in [5, 5.41) is 36.5. The lowest BCUT2D eigenvalue weighted by Gasteiger charge is -2.26. The van der Waals surface area contributed by atoms with Crippen LogP contribution in [0, 0.1) is 0 Å². The van der Waals surface area contributed by atoms with E-state index in [0.29, 0.717) is 23.5 Å². The number of phenolic OH excluding ortho intramolecular Hbond substituents is 1. The van der Waals surface area contributed by atoms with Crippen LogP contribution in [0.5, 0.6) is 5.75 Å². The van der Waals surface area contributed by atoms with Crippen molar-refractivity contribution in [2.75, 3.05) is 24.0 Å². The minimum Gasteiger partial charge on any atom is -0.508 e. The Morgan fingerprint density at radius 2 is 1.44 bits per heavy atom. The molecule has 202 valence electrons. The lowest BCUT2D eigenvalue weighted by atomic mass is 10.0. The van der Waals surface area contributed by atoms with E-state index in [4.69, 9.17) is 5.73 Å².